The number of rotatable bonds is 1. The molecule has 3 heterocycles. The highest BCUT2D eigenvalue weighted by Gasteiger charge is 2.65. The van der Waals surface area contributed by atoms with E-state index in [0.717, 1.165) is 17.0 Å². The normalized spacial score (nSPS) is 16.8. The highest BCUT2D eigenvalue weighted by molar-refractivity contribution is 7.09. The number of halogens is 5. The maximum atomic E-state index is 13.5. The van der Waals surface area contributed by atoms with Gasteiger partial charge in [-0.15, -0.1) is 20.9 Å². The van der Waals surface area contributed by atoms with Gasteiger partial charge >= 0.3 is 18.2 Å². The van der Waals surface area contributed by atoms with E-state index in [1.807, 2.05) is 0 Å². The van der Waals surface area contributed by atoms with Crippen molar-refractivity contribution in [1.82, 2.24) is 9.13 Å². The third kappa shape index (κ3) is 3.95. The highest BCUT2D eigenvalue weighted by atomic mass is 127. The summed E-state index contributed by atoms with van der Waals surface area (Å²) in [5.41, 5.74) is 0.280. The molecule has 30 heavy (non-hydrogen) atoms. The highest BCUT2D eigenvalue weighted by Crippen LogP contribution is 2.47. The van der Waals surface area contributed by atoms with Gasteiger partial charge in [-0.3, -0.25) is 4.57 Å². The van der Waals surface area contributed by atoms with Gasteiger partial charge in [0.15, 0.2) is 11.5 Å². The Bertz CT molecular complexity index is 1190. The second-order valence-corrected chi connectivity index (χ2v) is 7.46. The topological polar surface area (TPSA) is 61.6 Å². The maximum absolute atomic E-state index is 13.5. The molecule has 0 radical (unpaired) electrons. The lowest BCUT2D eigenvalue weighted by molar-refractivity contribution is -0.670. The van der Waals surface area contributed by atoms with Gasteiger partial charge in [-0.05, 0) is 19.1 Å². The van der Waals surface area contributed by atoms with Crippen molar-refractivity contribution >= 4 is 17.4 Å². The predicted octanol–water partition coefficient (Wildman–Crippen LogP) is 0.00302. The molecule has 0 saturated heterocycles. The molecular weight excluding hydrogens is 543 g/mol. The van der Waals surface area contributed by atoms with E-state index in [1.165, 1.54) is 39.1 Å². The molecule has 0 saturated carbocycles. The van der Waals surface area contributed by atoms with Crippen LogP contribution in [0.1, 0.15) is 4.88 Å². The molecule has 13 heteroatoms. The minimum absolute atomic E-state index is 0. The number of fused-ring (bicyclic) bond motifs is 1. The number of thiazole rings is 1. The molecule has 160 valence electrons. The molecule has 0 unspecified atom stereocenters. The molecule has 0 spiro atoms. The lowest BCUT2D eigenvalue weighted by Crippen LogP contribution is -3.00. The fraction of sp³-hybridized carbons (Fsp3) is 0.235. The van der Waals surface area contributed by atoms with Crippen molar-refractivity contribution in [3.8, 4) is 17.2 Å². The van der Waals surface area contributed by atoms with Crippen LogP contribution >= 0.6 is 11.3 Å². The van der Waals surface area contributed by atoms with E-state index in [-0.39, 0.29) is 34.5 Å². The van der Waals surface area contributed by atoms with Gasteiger partial charge in [-0.2, -0.15) is 17.6 Å². The van der Waals surface area contributed by atoms with E-state index in [1.54, 1.807) is 30.9 Å². The fourth-order valence-corrected chi connectivity index (χ4v) is 3.45. The molecule has 0 atom stereocenters. The van der Waals surface area contributed by atoms with Crippen LogP contribution in [0.2, 0.25) is 0 Å². The van der Waals surface area contributed by atoms with Crippen molar-refractivity contribution in [2.24, 2.45) is 12.0 Å². The first-order valence-corrected chi connectivity index (χ1v) is 8.97. The number of hydrogen-bond donors (Lipinski definition) is 0. The predicted molar refractivity (Wildman–Crippen MR) is 91.5 cm³/mol. The Morgan fingerprint density at radius 3 is 2.47 bits per heavy atom. The molecular formula is C17H13F4IN4O3S. The molecule has 4 rings (SSSR count). The Kier molecular flexibility index (Phi) is 5.70. The Labute approximate surface area is 187 Å². The fourth-order valence-electron chi connectivity index (χ4n) is 2.63. The van der Waals surface area contributed by atoms with Crippen molar-refractivity contribution in [2.75, 3.05) is 0 Å². The first-order chi connectivity index (χ1) is 13.6. The SMILES string of the molecule is Cc1cn(-c2ccc3c(c2)OC(F)(F)C(F)(F)O3)c(=NC(=O)n2cc[n+](C)c2)s1.[I-]. The van der Waals surface area contributed by atoms with E-state index in [0.29, 0.717) is 0 Å². The van der Waals surface area contributed by atoms with Gasteiger partial charge in [0.25, 0.3) is 6.33 Å². The third-order valence-electron chi connectivity index (χ3n) is 3.97. The minimum atomic E-state index is -4.82. The zero-order valence-electron chi connectivity index (χ0n) is 15.4. The summed E-state index contributed by atoms with van der Waals surface area (Å²) in [7, 11) is 1.74. The molecule has 1 amide bonds. The number of ether oxygens (including phenoxy) is 2. The van der Waals surface area contributed by atoms with Gasteiger partial charge in [0.05, 0.1) is 12.7 Å². The van der Waals surface area contributed by atoms with Crippen molar-refractivity contribution in [1.29, 1.82) is 0 Å². The van der Waals surface area contributed by atoms with Crippen molar-refractivity contribution in [3.05, 3.63) is 52.8 Å². The van der Waals surface area contributed by atoms with E-state index >= 15 is 0 Å². The summed E-state index contributed by atoms with van der Waals surface area (Å²) in [5, 5.41) is 0. The summed E-state index contributed by atoms with van der Waals surface area (Å²) in [6, 6.07) is 3.01. The third-order valence-corrected chi connectivity index (χ3v) is 4.87. The van der Waals surface area contributed by atoms with E-state index in [4.69, 9.17) is 0 Å². The molecule has 1 aromatic carbocycles. The zero-order chi connectivity index (χ0) is 21.0. The van der Waals surface area contributed by atoms with E-state index in [9.17, 15) is 22.4 Å². The summed E-state index contributed by atoms with van der Waals surface area (Å²) in [6.07, 6.45) is -3.25. The monoisotopic (exact) mass is 556 g/mol. The van der Waals surface area contributed by atoms with Crippen LogP contribution in [0.3, 0.4) is 0 Å². The lowest BCUT2D eigenvalue weighted by atomic mass is 10.2. The van der Waals surface area contributed by atoms with Gasteiger partial charge in [0.1, 0.15) is 12.4 Å². The van der Waals surface area contributed by atoms with Crippen LogP contribution in [0, 0.1) is 6.92 Å². The van der Waals surface area contributed by atoms with Gasteiger partial charge in [-0.25, -0.2) is 9.36 Å². The molecule has 7 nitrogen and oxygen atoms in total. The molecule has 0 bridgehead atoms. The number of benzene rings is 1. The van der Waals surface area contributed by atoms with Crippen LogP contribution in [0.15, 0.2) is 48.1 Å². The first-order valence-electron chi connectivity index (χ1n) is 8.15. The first kappa shape index (κ1) is 22.3. The van der Waals surface area contributed by atoms with Crippen LogP contribution in [0.5, 0.6) is 11.5 Å². The van der Waals surface area contributed by atoms with E-state index < -0.39 is 29.7 Å². The molecule has 1 aliphatic heterocycles. The molecule has 0 aliphatic carbocycles. The second kappa shape index (κ2) is 7.68. The number of nitrogens with zero attached hydrogens (tertiary/aromatic N) is 4. The van der Waals surface area contributed by atoms with Crippen LogP contribution in [0.4, 0.5) is 22.4 Å². The van der Waals surface area contributed by atoms with Crippen molar-refractivity contribution < 1.29 is 60.4 Å². The Hall–Kier alpha value is -2.42. The number of aryl methyl sites for hydroxylation is 2. The van der Waals surface area contributed by atoms with Gasteiger partial charge in [-0.1, -0.05) is 0 Å². The molecule has 0 N–H and O–H groups in total. The lowest BCUT2D eigenvalue weighted by Gasteiger charge is -2.31. The number of aromatic nitrogens is 3. The average Bonchev–Trinajstić information content (AvgIpc) is 3.21. The van der Waals surface area contributed by atoms with Crippen LogP contribution < -0.4 is 42.8 Å². The number of carbonyl (C=O) groups is 1. The Balaban J connectivity index is 0.00000256. The molecule has 2 aromatic heterocycles. The Morgan fingerprint density at radius 2 is 1.83 bits per heavy atom. The number of carbonyl (C=O) groups excluding carboxylic acids is 1. The maximum Gasteiger partial charge on any atom is 0.507 e. The summed E-state index contributed by atoms with van der Waals surface area (Å²) in [4.78, 5) is 17.5. The second-order valence-electron chi connectivity index (χ2n) is 6.24. The van der Waals surface area contributed by atoms with Crippen LogP contribution in [0.25, 0.3) is 5.69 Å². The summed E-state index contributed by atoms with van der Waals surface area (Å²) in [6.45, 7) is 1.77. The standard InChI is InChI=1S/C17H13F4N4O3S.HI/c1-10-8-25(15(29-10)22-14(26)24-6-5-23(2)9-24)11-3-4-12-13(7-11)28-17(20,21)16(18,19)27-12;/h3-9H,1-2H3;1H/q+1;/p-1. The minimum Gasteiger partial charge on any atom is -1.00 e. The number of alkyl halides is 4. The van der Waals surface area contributed by atoms with Crippen molar-refractivity contribution in [3.63, 3.8) is 0 Å². The van der Waals surface area contributed by atoms with Crippen LogP contribution in [-0.2, 0) is 7.05 Å². The van der Waals surface area contributed by atoms with Gasteiger partial charge in [0, 0.05) is 17.1 Å². The van der Waals surface area contributed by atoms with Crippen molar-refractivity contribution in [2.45, 2.75) is 19.1 Å². The number of hydrogen-bond acceptors (Lipinski definition) is 4. The van der Waals surface area contributed by atoms with E-state index in [2.05, 4.69) is 14.5 Å². The Morgan fingerprint density at radius 1 is 1.17 bits per heavy atom. The molecule has 3 aromatic rings. The number of imidazole rings is 1. The molecule has 0 fully saturated rings. The summed E-state index contributed by atoms with van der Waals surface area (Å²) in [5.74, 6) is -1.07. The number of amides is 1. The smallest absolute Gasteiger partial charge is 0.507 e. The largest absolute Gasteiger partial charge is 1.00 e. The molecule has 1 aliphatic rings. The summed E-state index contributed by atoms with van der Waals surface area (Å²) < 4.78 is 66.2. The van der Waals surface area contributed by atoms with Crippen LogP contribution in [-0.4, -0.2) is 27.4 Å². The summed E-state index contributed by atoms with van der Waals surface area (Å²) >= 11 is 1.19. The van der Waals surface area contributed by atoms with Gasteiger partial charge in [0.2, 0.25) is 4.80 Å². The van der Waals surface area contributed by atoms with Gasteiger partial charge < -0.3 is 33.5 Å². The quantitative estimate of drug-likeness (QED) is 0.241. The average molecular weight is 556 g/mol. The zero-order valence-corrected chi connectivity index (χ0v) is 18.3.